The quantitative estimate of drug-likeness (QED) is 0.781. The van der Waals surface area contributed by atoms with E-state index in [1.807, 2.05) is 13.8 Å². The van der Waals surface area contributed by atoms with E-state index in [1.165, 1.54) is 0 Å². The molecule has 1 aromatic carbocycles. The van der Waals surface area contributed by atoms with Crippen LogP contribution in [-0.4, -0.2) is 24.2 Å². The maximum absolute atomic E-state index is 13.3. The number of benzene rings is 1. The van der Waals surface area contributed by atoms with Crippen molar-refractivity contribution >= 4 is 5.91 Å². The predicted octanol–water partition coefficient (Wildman–Crippen LogP) is 2.49. The van der Waals surface area contributed by atoms with E-state index in [0.29, 0.717) is 19.0 Å². The van der Waals surface area contributed by atoms with Crippen molar-refractivity contribution in [2.24, 2.45) is 5.41 Å². The number of amides is 1. The summed E-state index contributed by atoms with van der Waals surface area (Å²) < 4.78 is 26.0. The zero-order valence-corrected chi connectivity index (χ0v) is 11.2. The van der Waals surface area contributed by atoms with Crippen LogP contribution in [0, 0.1) is 17.0 Å². The molecular formula is C14H19F2NO2. The van der Waals surface area contributed by atoms with E-state index in [2.05, 4.69) is 5.32 Å². The van der Waals surface area contributed by atoms with Crippen LogP contribution in [0.25, 0.3) is 0 Å². The Kier molecular flexibility index (Phi) is 5.42. The van der Waals surface area contributed by atoms with Crippen LogP contribution in [0.1, 0.15) is 37.0 Å². The summed E-state index contributed by atoms with van der Waals surface area (Å²) >= 11 is 0. The Morgan fingerprint density at radius 1 is 1.37 bits per heavy atom. The zero-order valence-electron chi connectivity index (χ0n) is 11.2. The number of hydrogen-bond acceptors (Lipinski definition) is 2. The van der Waals surface area contributed by atoms with Crippen molar-refractivity contribution < 1.29 is 18.7 Å². The van der Waals surface area contributed by atoms with Crippen LogP contribution < -0.4 is 5.32 Å². The Hall–Kier alpha value is -1.49. The van der Waals surface area contributed by atoms with E-state index < -0.39 is 17.5 Å². The van der Waals surface area contributed by atoms with E-state index in [9.17, 15) is 13.6 Å². The number of aliphatic hydroxyl groups excluding tert-OH is 1. The fraction of sp³-hybridized carbons (Fsp3) is 0.500. The second-order valence-electron chi connectivity index (χ2n) is 5.31. The maximum atomic E-state index is 13.3. The summed E-state index contributed by atoms with van der Waals surface area (Å²) in [6.45, 7) is 4.32. The Morgan fingerprint density at radius 2 is 2.05 bits per heavy atom. The second-order valence-corrected chi connectivity index (χ2v) is 5.31. The van der Waals surface area contributed by atoms with Gasteiger partial charge in [-0.15, -0.1) is 0 Å². The molecule has 0 aliphatic rings. The average Bonchev–Trinajstić information content (AvgIpc) is 2.34. The molecule has 3 nitrogen and oxygen atoms in total. The van der Waals surface area contributed by atoms with Crippen molar-refractivity contribution in [3.05, 3.63) is 35.4 Å². The lowest BCUT2D eigenvalue weighted by atomic mass is 9.89. The highest BCUT2D eigenvalue weighted by atomic mass is 19.1. The minimum absolute atomic E-state index is 0.0769. The third-order valence-electron chi connectivity index (χ3n) is 2.92. The number of rotatable bonds is 6. The lowest BCUT2D eigenvalue weighted by Crippen LogP contribution is -2.27. The Balaban J connectivity index is 2.44. The van der Waals surface area contributed by atoms with Crippen LogP contribution in [-0.2, 0) is 0 Å². The van der Waals surface area contributed by atoms with Crippen molar-refractivity contribution in [1.29, 1.82) is 0 Å². The highest BCUT2D eigenvalue weighted by Crippen LogP contribution is 2.20. The van der Waals surface area contributed by atoms with Gasteiger partial charge >= 0.3 is 0 Å². The summed E-state index contributed by atoms with van der Waals surface area (Å²) in [4.78, 5) is 11.6. The Morgan fingerprint density at radius 3 is 2.63 bits per heavy atom. The molecule has 0 heterocycles. The van der Waals surface area contributed by atoms with Gasteiger partial charge in [0.05, 0.1) is 5.56 Å². The molecule has 1 amide bonds. The zero-order chi connectivity index (χ0) is 14.5. The molecule has 0 radical (unpaired) electrons. The van der Waals surface area contributed by atoms with E-state index in [-0.39, 0.29) is 17.6 Å². The van der Waals surface area contributed by atoms with Gasteiger partial charge < -0.3 is 10.4 Å². The third-order valence-corrected chi connectivity index (χ3v) is 2.92. The second kappa shape index (κ2) is 6.61. The minimum atomic E-state index is -0.867. The number of carbonyl (C=O) groups excluding carboxylic acids is 1. The van der Waals surface area contributed by atoms with Crippen molar-refractivity contribution in [1.82, 2.24) is 5.32 Å². The van der Waals surface area contributed by atoms with Gasteiger partial charge in [-0.3, -0.25) is 4.79 Å². The SMILES string of the molecule is CC(C)(CO)CCCNC(=O)c1ccc(F)cc1F. The highest BCUT2D eigenvalue weighted by Gasteiger charge is 2.16. The van der Waals surface area contributed by atoms with Gasteiger partial charge in [-0.25, -0.2) is 8.78 Å². The maximum Gasteiger partial charge on any atom is 0.254 e. The summed E-state index contributed by atoms with van der Waals surface area (Å²) in [6, 6.07) is 2.86. The molecule has 0 aliphatic heterocycles. The fourth-order valence-electron chi connectivity index (χ4n) is 1.62. The van der Waals surface area contributed by atoms with Crippen LogP contribution in [0.5, 0.6) is 0 Å². The largest absolute Gasteiger partial charge is 0.396 e. The van der Waals surface area contributed by atoms with Gasteiger partial charge in [-0.05, 0) is 30.4 Å². The van der Waals surface area contributed by atoms with E-state index >= 15 is 0 Å². The monoisotopic (exact) mass is 271 g/mol. The van der Waals surface area contributed by atoms with Gasteiger partial charge in [0, 0.05) is 19.2 Å². The molecule has 0 atom stereocenters. The van der Waals surface area contributed by atoms with Gasteiger partial charge in [0.2, 0.25) is 0 Å². The molecule has 0 saturated heterocycles. The smallest absolute Gasteiger partial charge is 0.254 e. The standard InChI is InChI=1S/C14H19F2NO2/c1-14(2,9-18)6-3-7-17-13(19)11-5-4-10(15)8-12(11)16/h4-5,8,18H,3,6-7,9H2,1-2H3,(H,17,19). The van der Waals surface area contributed by atoms with Crippen molar-refractivity contribution in [2.75, 3.05) is 13.2 Å². The molecule has 106 valence electrons. The molecule has 0 saturated carbocycles. The molecule has 0 fully saturated rings. The van der Waals surface area contributed by atoms with E-state index in [4.69, 9.17) is 5.11 Å². The van der Waals surface area contributed by atoms with Gasteiger partial charge in [0.25, 0.3) is 5.91 Å². The molecule has 0 unspecified atom stereocenters. The molecule has 1 rings (SSSR count). The van der Waals surface area contributed by atoms with E-state index in [1.54, 1.807) is 0 Å². The van der Waals surface area contributed by atoms with Crippen LogP contribution in [0.3, 0.4) is 0 Å². The van der Waals surface area contributed by atoms with Crippen molar-refractivity contribution in [3.8, 4) is 0 Å². The van der Waals surface area contributed by atoms with Gasteiger partial charge in [-0.1, -0.05) is 13.8 Å². The fourth-order valence-corrected chi connectivity index (χ4v) is 1.62. The lowest BCUT2D eigenvalue weighted by Gasteiger charge is -2.21. The molecule has 1 aromatic rings. The van der Waals surface area contributed by atoms with Crippen LogP contribution >= 0.6 is 0 Å². The minimum Gasteiger partial charge on any atom is -0.396 e. The molecule has 2 N–H and O–H groups in total. The van der Waals surface area contributed by atoms with Gasteiger partial charge in [0.1, 0.15) is 11.6 Å². The molecule has 0 aliphatic carbocycles. The summed E-state index contributed by atoms with van der Waals surface area (Å²) in [5, 5.41) is 11.6. The number of nitrogens with one attached hydrogen (secondary N) is 1. The van der Waals surface area contributed by atoms with Gasteiger partial charge in [0.15, 0.2) is 0 Å². The van der Waals surface area contributed by atoms with Crippen LogP contribution in [0.4, 0.5) is 8.78 Å². The third kappa shape index (κ3) is 4.95. The van der Waals surface area contributed by atoms with Crippen molar-refractivity contribution in [3.63, 3.8) is 0 Å². The first-order valence-electron chi connectivity index (χ1n) is 6.20. The number of halogens is 2. The first-order valence-corrected chi connectivity index (χ1v) is 6.20. The molecule has 0 spiro atoms. The van der Waals surface area contributed by atoms with Gasteiger partial charge in [-0.2, -0.15) is 0 Å². The number of carbonyl (C=O) groups is 1. The Labute approximate surface area is 111 Å². The molecule has 0 aromatic heterocycles. The molecular weight excluding hydrogens is 252 g/mol. The normalized spacial score (nSPS) is 11.4. The molecule has 5 heteroatoms. The predicted molar refractivity (Wildman–Crippen MR) is 68.8 cm³/mol. The average molecular weight is 271 g/mol. The summed E-state index contributed by atoms with van der Waals surface area (Å²) in [6.07, 6.45) is 1.43. The lowest BCUT2D eigenvalue weighted by molar-refractivity contribution is 0.0944. The molecule has 0 bridgehead atoms. The number of aliphatic hydroxyl groups is 1. The molecule has 19 heavy (non-hydrogen) atoms. The summed E-state index contributed by atoms with van der Waals surface area (Å²) in [5.74, 6) is -2.13. The summed E-state index contributed by atoms with van der Waals surface area (Å²) in [7, 11) is 0. The first kappa shape index (κ1) is 15.6. The highest BCUT2D eigenvalue weighted by molar-refractivity contribution is 5.94. The Bertz CT molecular complexity index is 447. The van der Waals surface area contributed by atoms with Crippen LogP contribution in [0.2, 0.25) is 0 Å². The van der Waals surface area contributed by atoms with Crippen molar-refractivity contribution in [2.45, 2.75) is 26.7 Å². The van der Waals surface area contributed by atoms with E-state index in [0.717, 1.165) is 18.6 Å². The summed E-state index contributed by atoms with van der Waals surface area (Å²) in [5.41, 5.74) is -0.353. The topological polar surface area (TPSA) is 49.3 Å². The number of hydrogen-bond donors (Lipinski definition) is 2. The van der Waals surface area contributed by atoms with Crippen LogP contribution in [0.15, 0.2) is 18.2 Å². The first-order chi connectivity index (χ1) is 8.85.